The normalized spacial score (nSPS) is 26.2. The number of cyclic esters (lactones) is 2. The summed E-state index contributed by atoms with van der Waals surface area (Å²) in [4.78, 5) is 47.0. The molecule has 2 aliphatic rings. The van der Waals surface area contributed by atoms with E-state index in [1.165, 1.54) is 13.2 Å². The van der Waals surface area contributed by atoms with Gasteiger partial charge in [-0.15, -0.1) is 0 Å². The standard InChI is InChI=1S/C21H32N2O11/c1-10-12(22-11(2)23-19(27)34-21(3,4)5)7-13(18(26)29-6)32-16(10)17(30-9-15(24)25)14-8-31-20(28)33-14/h7,10-12,14,16-17,22H,8-9H2,1-6H3,(H,23,27)(H,24,25)/t10-,11?,12+,14-,16-,17-/m1/s1. The van der Waals surface area contributed by atoms with Gasteiger partial charge in [0.2, 0.25) is 5.76 Å². The second-order valence-corrected chi connectivity index (χ2v) is 8.91. The lowest BCUT2D eigenvalue weighted by molar-refractivity contribution is -0.163. The molecule has 0 bridgehead atoms. The first-order valence-corrected chi connectivity index (χ1v) is 10.7. The molecule has 192 valence electrons. The van der Waals surface area contributed by atoms with E-state index >= 15 is 0 Å². The van der Waals surface area contributed by atoms with Gasteiger partial charge in [-0.05, 0) is 33.8 Å². The minimum atomic E-state index is -1.24. The van der Waals surface area contributed by atoms with Crippen LogP contribution in [-0.2, 0) is 38.0 Å². The van der Waals surface area contributed by atoms with E-state index in [-0.39, 0.29) is 12.4 Å². The van der Waals surface area contributed by atoms with E-state index in [9.17, 15) is 19.2 Å². The van der Waals surface area contributed by atoms with Crippen LogP contribution in [0.15, 0.2) is 11.8 Å². The molecule has 0 aromatic rings. The van der Waals surface area contributed by atoms with Crippen molar-refractivity contribution >= 4 is 24.2 Å². The summed E-state index contributed by atoms with van der Waals surface area (Å²) in [5.74, 6) is -2.61. The van der Waals surface area contributed by atoms with Crippen molar-refractivity contribution in [2.45, 2.75) is 70.7 Å². The molecular weight excluding hydrogens is 456 g/mol. The number of carbonyl (C=O) groups excluding carboxylic acids is 3. The Morgan fingerprint density at radius 3 is 2.47 bits per heavy atom. The molecular formula is C21H32N2O11. The molecule has 2 heterocycles. The number of ether oxygens (including phenoxy) is 6. The summed E-state index contributed by atoms with van der Waals surface area (Å²) in [7, 11) is 1.18. The highest BCUT2D eigenvalue weighted by molar-refractivity contribution is 5.86. The minimum absolute atomic E-state index is 0.151. The Bertz CT molecular complexity index is 807. The molecule has 0 aliphatic carbocycles. The van der Waals surface area contributed by atoms with Gasteiger partial charge in [-0.1, -0.05) is 6.92 Å². The Kier molecular flexibility index (Phi) is 9.10. The van der Waals surface area contributed by atoms with Crippen LogP contribution >= 0.6 is 0 Å². The summed E-state index contributed by atoms with van der Waals surface area (Å²) in [6.07, 6.45) is -3.65. The van der Waals surface area contributed by atoms with Crippen LogP contribution in [0.3, 0.4) is 0 Å². The maximum absolute atomic E-state index is 12.3. The maximum atomic E-state index is 12.3. The van der Waals surface area contributed by atoms with E-state index in [1.54, 1.807) is 34.6 Å². The fourth-order valence-corrected chi connectivity index (χ4v) is 3.49. The number of methoxy groups -OCH3 is 1. The van der Waals surface area contributed by atoms with E-state index in [2.05, 4.69) is 10.6 Å². The summed E-state index contributed by atoms with van der Waals surface area (Å²) in [5.41, 5.74) is -0.686. The molecule has 2 aliphatic heterocycles. The number of alkyl carbamates (subject to hydrolysis) is 1. The average Bonchev–Trinajstić information content (AvgIpc) is 3.14. The first kappa shape index (κ1) is 27.2. The van der Waals surface area contributed by atoms with Crippen molar-refractivity contribution in [3.8, 4) is 0 Å². The average molecular weight is 488 g/mol. The predicted octanol–water partition coefficient (Wildman–Crippen LogP) is 0.912. The molecule has 34 heavy (non-hydrogen) atoms. The van der Waals surface area contributed by atoms with Crippen LogP contribution in [0, 0.1) is 5.92 Å². The van der Waals surface area contributed by atoms with Gasteiger partial charge >= 0.3 is 24.2 Å². The summed E-state index contributed by atoms with van der Waals surface area (Å²) < 4.78 is 31.3. The highest BCUT2D eigenvalue weighted by atomic mass is 16.8. The first-order chi connectivity index (χ1) is 15.8. The molecule has 0 aromatic heterocycles. The van der Waals surface area contributed by atoms with Crippen molar-refractivity contribution in [1.29, 1.82) is 0 Å². The molecule has 0 saturated carbocycles. The maximum Gasteiger partial charge on any atom is 0.508 e. The molecule has 13 nitrogen and oxygen atoms in total. The zero-order valence-electron chi connectivity index (χ0n) is 20.0. The number of hydrogen-bond donors (Lipinski definition) is 3. The van der Waals surface area contributed by atoms with Crippen LogP contribution in [0.1, 0.15) is 34.6 Å². The lowest BCUT2D eigenvalue weighted by Gasteiger charge is -2.40. The van der Waals surface area contributed by atoms with E-state index < -0.39 is 72.8 Å². The van der Waals surface area contributed by atoms with Gasteiger partial charge < -0.3 is 38.8 Å². The molecule has 0 aromatic carbocycles. The van der Waals surface area contributed by atoms with Crippen molar-refractivity contribution in [2.24, 2.45) is 5.92 Å². The summed E-state index contributed by atoms with van der Waals surface area (Å²) in [6, 6.07) is -0.563. The van der Waals surface area contributed by atoms with Crippen molar-refractivity contribution in [3.63, 3.8) is 0 Å². The summed E-state index contributed by atoms with van der Waals surface area (Å²) >= 11 is 0. The van der Waals surface area contributed by atoms with Crippen molar-refractivity contribution in [1.82, 2.24) is 10.6 Å². The van der Waals surface area contributed by atoms with Crippen molar-refractivity contribution < 1.29 is 52.7 Å². The topological polar surface area (TPSA) is 168 Å². The predicted molar refractivity (Wildman–Crippen MR) is 113 cm³/mol. The third-order valence-corrected chi connectivity index (χ3v) is 4.94. The number of carboxylic acids is 1. The van der Waals surface area contributed by atoms with Gasteiger partial charge in [0.15, 0.2) is 6.10 Å². The summed E-state index contributed by atoms with van der Waals surface area (Å²) in [5, 5.41) is 14.9. The third kappa shape index (κ3) is 7.76. The highest BCUT2D eigenvalue weighted by Gasteiger charge is 2.46. The molecule has 13 heteroatoms. The van der Waals surface area contributed by atoms with Gasteiger partial charge in [0.25, 0.3) is 0 Å². The highest BCUT2D eigenvalue weighted by Crippen LogP contribution is 2.31. The Morgan fingerprint density at radius 2 is 1.94 bits per heavy atom. The van der Waals surface area contributed by atoms with Gasteiger partial charge in [0.1, 0.15) is 31.0 Å². The van der Waals surface area contributed by atoms with Crippen LogP contribution in [0.4, 0.5) is 9.59 Å². The number of aliphatic carboxylic acids is 1. The second-order valence-electron chi connectivity index (χ2n) is 8.91. The molecule has 0 radical (unpaired) electrons. The lowest BCUT2D eigenvalue weighted by atomic mass is 9.87. The Morgan fingerprint density at radius 1 is 1.26 bits per heavy atom. The smallest absolute Gasteiger partial charge is 0.480 e. The lowest BCUT2D eigenvalue weighted by Crippen LogP contribution is -2.57. The quantitative estimate of drug-likeness (QED) is 0.239. The number of nitrogens with one attached hydrogen (secondary N) is 2. The molecule has 1 fully saturated rings. The van der Waals surface area contributed by atoms with Gasteiger partial charge in [0, 0.05) is 12.0 Å². The molecule has 1 saturated heterocycles. The number of carboxylic acid groups (broad SMARTS) is 1. The number of esters is 1. The second kappa shape index (κ2) is 11.4. The van der Waals surface area contributed by atoms with Crippen LogP contribution < -0.4 is 10.6 Å². The van der Waals surface area contributed by atoms with Crippen molar-refractivity contribution in [3.05, 3.63) is 11.8 Å². The van der Waals surface area contributed by atoms with Gasteiger partial charge in [-0.2, -0.15) is 0 Å². The first-order valence-electron chi connectivity index (χ1n) is 10.7. The largest absolute Gasteiger partial charge is 0.508 e. The van der Waals surface area contributed by atoms with E-state index in [4.69, 9.17) is 33.5 Å². The van der Waals surface area contributed by atoms with E-state index in [1.807, 2.05) is 0 Å². The molecule has 2 rings (SSSR count). The molecule has 6 atom stereocenters. The third-order valence-electron chi connectivity index (χ3n) is 4.94. The molecule has 1 amide bonds. The minimum Gasteiger partial charge on any atom is -0.480 e. The van der Waals surface area contributed by atoms with E-state index in [0.29, 0.717) is 0 Å². The van der Waals surface area contributed by atoms with Crippen LogP contribution in [0.2, 0.25) is 0 Å². The van der Waals surface area contributed by atoms with Gasteiger partial charge in [0.05, 0.1) is 13.3 Å². The number of amides is 1. The number of rotatable bonds is 9. The fraction of sp³-hybridized carbons (Fsp3) is 0.714. The SMILES string of the molecule is COC(=O)C1=C[C@H](NC(C)NC(=O)OC(C)(C)C)[C@@H](C)[C@H]([C@H](OCC(=O)O)[C@H]2COC(=O)O2)O1. The Balaban J connectivity index is 2.24. The number of carbonyl (C=O) groups is 4. The number of hydrogen-bond acceptors (Lipinski definition) is 11. The van der Waals surface area contributed by atoms with Gasteiger partial charge in [-0.25, -0.2) is 19.2 Å². The van der Waals surface area contributed by atoms with Crippen LogP contribution in [0.5, 0.6) is 0 Å². The fourth-order valence-electron chi connectivity index (χ4n) is 3.49. The van der Waals surface area contributed by atoms with Crippen molar-refractivity contribution in [2.75, 3.05) is 20.3 Å². The Hall–Kier alpha value is -3.06. The summed E-state index contributed by atoms with van der Waals surface area (Å²) in [6.45, 7) is 7.77. The monoisotopic (exact) mass is 488 g/mol. The zero-order valence-corrected chi connectivity index (χ0v) is 20.0. The van der Waals surface area contributed by atoms with Gasteiger partial charge in [-0.3, -0.25) is 5.32 Å². The molecule has 0 spiro atoms. The van der Waals surface area contributed by atoms with E-state index in [0.717, 1.165) is 0 Å². The van der Waals surface area contributed by atoms with Crippen LogP contribution in [-0.4, -0.2) is 85.7 Å². The van der Waals surface area contributed by atoms with Crippen LogP contribution in [0.25, 0.3) is 0 Å². The zero-order chi connectivity index (χ0) is 25.6. The molecule has 3 N–H and O–H groups in total. The molecule has 1 unspecified atom stereocenters. The Labute approximate surface area is 197 Å².